The average Bonchev–Trinajstić information content (AvgIpc) is 3.54. The molecule has 0 saturated heterocycles. The average molecular weight is 396 g/mol. The Balaban J connectivity index is 1.83. The molecule has 0 radical (unpaired) electrons. The zero-order chi connectivity index (χ0) is 20.7. The summed E-state index contributed by atoms with van der Waals surface area (Å²) >= 11 is 0. The molecule has 4 N–H and O–H groups in total. The van der Waals surface area contributed by atoms with Crippen LogP contribution in [-0.2, 0) is 0 Å². The van der Waals surface area contributed by atoms with Gasteiger partial charge in [-0.15, -0.1) is 0 Å². The van der Waals surface area contributed by atoms with Crippen molar-refractivity contribution in [1.82, 2.24) is 0 Å². The predicted octanol–water partition coefficient (Wildman–Crippen LogP) is 3.52. The minimum absolute atomic E-state index is 0.0406. The van der Waals surface area contributed by atoms with Crippen molar-refractivity contribution in [3.8, 4) is 5.75 Å². The van der Waals surface area contributed by atoms with Gasteiger partial charge in [0, 0.05) is 23.2 Å². The smallest absolute Gasteiger partial charge is 0.248 e. The van der Waals surface area contributed by atoms with Gasteiger partial charge in [-0.05, 0) is 61.6 Å². The number of nitrogens with zero attached hydrogens (tertiary/aromatic N) is 1. The summed E-state index contributed by atoms with van der Waals surface area (Å²) in [5, 5.41) is 14.3. The van der Waals surface area contributed by atoms with Crippen molar-refractivity contribution in [3.63, 3.8) is 0 Å². The number of ether oxygens (including phenoxy) is 1. The molecule has 2 aromatic carbocycles. The summed E-state index contributed by atoms with van der Waals surface area (Å²) in [7, 11) is 1.66. The zero-order valence-corrected chi connectivity index (χ0v) is 17.1. The van der Waals surface area contributed by atoms with Gasteiger partial charge in [0.05, 0.1) is 18.8 Å². The van der Waals surface area contributed by atoms with Gasteiger partial charge >= 0.3 is 0 Å². The number of methoxy groups -OCH3 is 1. The summed E-state index contributed by atoms with van der Waals surface area (Å²) in [6.45, 7) is 4.02. The van der Waals surface area contributed by atoms with E-state index in [9.17, 15) is 9.90 Å². The number of rotatable bonds is 6. The van der Waals surface area contributed by atoms with Crippen LogP contribution in [0.5, 0.6) is 5.75 Å². The molecule has 1 fully saturated rings. The topological polar surface area (TPSA) is 87.8 Å². The van der Waals surface area contributed by atoms with Crippen LogP contribution in [0.25, 0.3) is 0 Å². The normalized spacial score (nSPS) is 24.6. The predicted molar refractivity (Wildman–Crippen MR) is 114 cm³/mol. The maximum atomic E-state index is 11.9. The summed E-state index contributed by atoms with van der Waals surface area (Å²) in [5.41, 5.74) is 8.86. The standard InChI is InChI=1S/C23H29N3O3/c1-13-21(25-18-6-4-5-7-20(18)29-3)17-12-16(23(24)28)10-11-19(17)26(14(2)27)22(13)15-8-9-15/h4-7,10-15,21-22,25,27H,8-9H2,1-3H3,(H2,24,28)/t13-,14?,21-,22-/m1/s1. The number of anilines is 2. The van der Waals surface area contributed by atoms with Gasteiger partial charge in [-0.1, -0.05) is 19.1 Å². The lowest BCUT2D eigenvalue weighted by atomic mass is 9.79. The fourth-order valence-corrected chi connectivity index (χ4v) is 4.77. The fraction of sp³-hybridized carbons (Fsp3) is 0.435. The van der Waals surface area contributed by atoms with Crippen molar-refractivity contribution in [2.45, 2.75) is 45.0 Å². The molecule has 1 heterocycles. The Hall–Kier alpha value is -2.73. The number of fused-ring (bicyclic) bond motifs is 1. The molecule has 0 bridgehead atoms. The van der Waals surface area contributed by atoms with Crippen LogP contribution in [0.1, 0.15) is 48.7 Å². The van der Waals surface area contributed by atoms with Crippen molar-refractivity contribution < 1.29 is 14.6 Å². The van der Waals surface area contributed by atoms with E-state index in [2.05, 4.69) is 17.1 Å². The Morgan fingerprint density at radius 3 is 2.62 bits per heavy atom. The number of aliphatic hydroxyl groups is 1. The van der Waals surface area contributed by atoms with Crippen LogP contribution in [0.4, 0.5) is 11.4 Å². The molecular formula is C23H29N3O3. The highest BCUT2D eigenvalue weighted by molar-refractivity contribution is 5.93. The molecule has 2 aliphatic rings. The number of carbonyl (C=O) groups is 1. The highest BCUT2D eigenvalue weighted by Gasteiger charge is 2.47. The summed E-state index contributed by atoms with van der Waals surface area (Å²) in [6.07, 6.45) is 1.73. The molecule has 4 atom stereocenters. The van der Waals surface area contributed by atoms with Gasteiger partial charge in [0.2, 0.25) is 5.91 Å². The number of nitrogens with two attached hydrogens (primary N) is 1. The summed E-state index contributed by atoms with van der Waals surface area (Å²) in [5.74, 6) is 1.08. The van der Waals surface area contributed by atoms with Crippen molar-refractivity contribution in [2.24, 2.45) is 17.6 Å². The van der Waals surface area contributed by atoms with E-state index in [-0.39, 0.29) is 18.0 Å². The van der Waals surface area contributed by atoms with Crippen molar-refractivity contribution in [3.05, 3.63) is 53.6 Å². The van der Waals surface area contributed by atoms with Crippen LogP contribution in [0.3, 0.4) is 0 Å². The fourth-order valence-electron chi connectivity index (χ4n) is 4.77. The van der Waals surface area contributed by atoms with Gasteiger partial charge < -0.3 is 25.8 Å². The van der Waals surface area contributed by atoms with E-state index in [0.717, 1.165) is 22.7 Å². The summed E-state index contributed by atoms with van der Waals surface area (Å²) in [4.78, 5) is 14.0. The van der Waals surface area contributed by atoms with E-state index >= 15 is 0 Å². The van der Waals surface area contributed by atoms with Gasteiger partial charge in [-0.25, -0.2) is 0 Å². The van der Waals surface area contributed by atoms with Gasteiger partial charge in [0.15, 0.2) is 0 Å². The largest absolute Gasteiger partial charge is 0.495 e. The highest BCUT2D eigenvalue weighted by Crippen LogP contribution is 2.51. The van der Waals surface area contributed by atoms with E-state index in [0.29, 0.717) is 11.5 Å². The first-order valence-corrected chi connectivity index (χ1v) is 10.2. The van der Waals surface area contributed by atoms with Crippen LogP contribution in [-0.4, -0.2) is 30.4 Å². The second kappa shape index (κ2) is 7.59. The molecule has 2 aromatic rings. The summed E-state index contributed by atoms with van der Waals surface area (Å²) in [6, 6.07) is 13.5. The van der Waals surface area contributed by atoms with E-state index < -0.39 is 12.1 Å². The molecule has 29 heavy (non-hydrogen) atoms. The number of aliphatic hydroxyl groups excluding tert-OH is 1. The minimum atomic E-state index is -0.617. The van der Waals surface area contributed by atoms with Gasteiger partial charge in [-0.2, -0.15) is 0 Å². The molecule has 0 spiro atoms. The van der Waals surface area contributed by atoms with E-state index in [1.165, 1.54) is 12.8 Å². The number of benzene rings is 2. The van der Waals surface area contributed by atoms with Gasteiger partial charge in [0.25, 0.3) is 0 Å². The Kier molecular flexibility index (Phi) is 5.13. The third-order valence-electron chi connectivity index (χ3n) is 6.24. The molecule has 1 amide bonds. The number of nitrogens with one attached hydrogen (secondary N) is 1. The molecule has 6 nitrogen and oxygen atoms in total. The van der Waals surface area contributed by atoms with Gasteiger partial charge in [0.1, 0.15) is 12.0 Å². The number of hydrogen-bond acceptors (Lipinski definition) is 5. The van der Waals surface area contributed by atoms with Crippen LogP contribution >= 0.6 is 0 Å². The number of primary amides is 1. The summed E-state index contributed by atoms with van der Waals surface area (Å²) < 4.78 is 5.53. The molecule has 154 valence electrons. The Morgan fingerprint density at radius 1 is 1.28 bits per heavy atom. The lowest BCUT2D eigenvalue weighted by molar-refractivity contribution is 0.1000. The number of para-hydroxylation sites is 2. The first kappa shape index (κ1) is 19.6. The van der Waals surface area contributed by atoms with Crippen LogP contribution < -0.4 is 20.7 Å². The van der Waals surface area contributed by atoms with Crippen LogP contribution in [0.2, 0.25) is 0 Å². The SMILES string of the molecule is COc1ccccc1N[C@H]1c2cc(C(N)=O)ccc2N(C(C)O)[C@@H](C2CC2)[C@@H]1C. The number of hydrogen-bond donors (Lipinski definition) is 3. The highest BCUT2D eigenvalue weighted by atomic mass is 16.5. The third kappa shape index (κ3) is 3.53. The molecule has 1 aliphatic heterocycles. The van der Waals surface area contributed by atoms with Crippen LogP contribution in [0.15, 0.2) is 42.5 Å². The number of amides is 1. The maximum absolute atomic E-state index is 11.9. The lowest BCUT2D eigenvalue weighted by Gasteiger charge is -2.48. The Labute approximate surface area is 171 Å². The monoisotopic (exact) mass is 395 g/mol. The molecule has 1 aliphatic carbocycles. The zero-order valence-electron chi connectivity index (χ0n) is 17.1. The van der Waals surface area contributed by atoms with E-state index in [1.807, 2.05) is 43.3 Å². The second-order valence-corrected chi connectivity index (χ2v) is 8.19. The van der Waals surface area contributed by atoms with Gasteiger partial charge in [-0.3, -0.25) is 4.79 Å². The molecule has 6 heteroatoms. The lowest BCUT2D eigenvalue weighted by Crippen LogP contribution is -2.52. The third-order valence-corrected chi connectivity index (χ3v) is 6.24. The number of carbonyl (C=O) groups excluding carboxylic acids is 1. The first-order valence-electron chi connectivity index (χ1n) is 10.2. The molecule has 1 unspecified atom stereocenters. The molecule has 4 rings (SSSR count). The van der Waals surface area contributed by atoms with Crippen LogP contribution in [0, 0.1) is 11.8 Å². The Morgan fingerprint density at radius 2 is 2.00 bits per heavy atom. The molecule has 1 saturated carbocycles. The van der Waals surface area contributed by atoms with E-state index in [1.54, 1.807) is 13.2 Å². The second-order valence-electron chi connectivity index (χ2n) is 8.19. The van der Waals surface area contributed by atoms with Crippen molar-refractivity contribution in [2.75, 3.05) is 17.3 Å². The quantitative estimate of drug-likeness (QED) is 0.697. The molecular weight excluding hydrogens is 366 g/mol. The minimum Gasteiger partial charge on any atom is -0.495 e. The Bertz CT molecular complexity index is 910. The van der Waals surface area contributed by atoms with Crippen molar-refractivity contribution in [1.29, 1.82) is 0 Å². The van der Waals surface area contributed by atoms with Crippen molar-refractivity contribution >= 4 is 17.3 Å². The maximum Gasteiger partial charge on any atom is 0.248 e. The molecule has 0 aromatic heterocycles. The van der Waals surface area contributed by atoms with E-state index in [4.69, 9.17) is 10.5 Å². The first-order chi connectivity index (χ1) is 13.9.